The fourth-order valence-electron chi connectivity index (χ4n) is 2.05. The molecule has 1 amide bonds. The Morgan fingerprint density at radius 2 is 1.80 bits per heavy atom. The van der Waals surface area contributed by atoms with E-state index in [-0.39, 0.29) is 12.1 Å². The maximum absolute atomic E-state index is 13.2. The number of methoxy groups -OCH3 is 1. The number of halogens is 2. The molecule has 0 heterocycles. The first-order valence-electron chi connectivity index (χ1n) is 5.98. The largest absolute Gasteiger partial charge is 0.478 e. The van der Waals surface area contributed by atoms with Crippen molar-refractivity contribution in [1.29, 1.82) is 0 Å². The van der Waals surface area contributed by atoms with Crippen LogP contribution in [-0.4, -0.2) is 36.2 Å². The van der Waals surface area contributed by atoms with E-state index in [0.29, 0.717) is 25.0 Å². The van der Waals surface area contributed by atoms with Crippen LogP contribution in [0.1, 0.15) is 33.6 Å². The second-order valence-electron chi connectivity index (χ2n) is 4.62. The maximum atomic E-state index is 13.2. The van der Waals surface area contributed by atoms with Crippen LogP contribution >= 0.6 is 0 Å². The number of hydrogen-bond donors (Lipinski definition) is 2. The van der Waals surface area contributed by atoms with Gasteiger partial charge in [-0.1, -0.05) is 0 Å². The van der Waals surface area contributed by atoms with Gasteiger partial charge in [0.2, 0.25) is 0 Å². The van der Waals surface area contributed by atoms with E-state index < -0.39 is 34.6 Å². The molecule has 0 saturated heterocycles. The molecule has 5 nitrogen and oxygen atoms in total. The summed E-state index contributed by atoms with van der Waals surface area (Å²) in [4.78, 5) is 22.9. The summed E-state index contributed by atoms with van der Waals surface area (Å²) in [5.74, 6) is -4.79. The summed E-state index contributed by atoms with van der Waals surface area (Å²) < 4.78 is 31.2. The molecule has 0 aromatic heterocycles. The Morgan fingerprint density at radius 1 is 1.25 bits per heavy atom. The normalized spacial score (nSPS) is 21.1. The van der Waals surface area contributed by atoms with Crippen LogP contribution in [-0.2, 0) is 4.74 Å². The highest BCUT2D eigenvalue weighted by Crippen LogP contribution is 2.23. The number of benzene rings is 1. The van der Waals surface area contributed by atoms with Crippen LogP contribution in [0.4, 0.5) is 8.78 Å². The lowest BCUT2D eigenvalue weighted by Crippen LogP contribution is -2.47. The minimum Gasteiger partial charge on any atom is -0.478 e. The number of rotatable bonds is 4. The van der Waals surface area contributed by atoms with Crippen LogP contribution in [0.15, 0.2) is 12.1 Å². The van der Waals surface area contributed by atoms with E-state index in [2.05, 4.69) is 5.32 Å². The van der Waals surface area contributed by atoms with E-state index >= 15 is 0 Å². The fraction of sp³-hybridized carbons (Fsp3) is 0.385. The highest BCUT2D eigenvalue weighted by atomic mass is 19.2. The number of hydrogen-bond acceptors (Lipinski definition) is 3. The lowest BCUT2D eigenvalue weighted by atomic mass is 9.89. The molecule has 7 heteroatoms. The van der Waals surface area contributed by atoms with Gasteiger partial charge in [0.15, 0.2) is 11.6 Å². The summed E-state index contributed by atoms with van der Waals surface area (Å²) in [6.07, 6.45) is 1.27. The predicted octanol–water partition coefficient (Wildman–Crippen LogP) is 1.57. The number of carbonyl (C=O) groups excluding carboxylic acids is 1. The van der Waals surface area contributed by atoms with Crippen LogP contribution in [0.3, 0.4) is 0 Å². The van der Waals surface area contributed by atoms with Gasteiger partial charge in [-0.25, -0.2) is 13.6 Å². The van der Waals surface area contributed by atoms with E-state index in [0.717, 1.165) is 0 Å². The third-order valence-electron chi connectivity index (χ3n) is 3.30. The number of nitrogens with one attached hydrogen (secondary N) is 1. The minimum absolute atomic E-state index is 0.0594. The van der Waals surface area contributed by atoms with Crippen molar-refractivity contribution in [1.82, 2.24) is 5.32 Å². The maximum Gasteiger partial charge on any atom is 0.336 e. The summed E-state index contributed by atoms with van der Waals surface area (Å²) in [7, 11) is 1.56. The molecule has 0 atom stereocenters. The zero-order valence-corrected chi connectivity index (χ0v) is 10.7. The van der Waals surface area contributed by atoms with Gasteiger partial charge in [-0.05, 0) is 25.0 Å². The average molecular weight is 285 g/mol. The predicted molar refractivity (Wildman–Crippen MR) is 64.6 cm³/mol. The van der Waals surface area contributed by atoms with Crippen molar-refractivity contribution in [3.8, 4) is 0 Å². The number of amides is 1. The fourth-order valence-corrected chi connectivity index (χ4v) is 2.05. The zero-order chi connectivity index (χ0) is 14.9. The first kappa shape index (κ1) is 14.4. The van der Waals surface area contributed by atoms with E-state index in [9.17, 15) is 18.4 Å². The standard InChI is InChI=1S/C13H13F2NO4/c1-20-7-2-6(3-7)16-12(17)8-4-10(14)11(15)5-9(8)13(18)19/h4-7H,2-3H2,1H3,(H,16,17)(H,18,19). The Bertz CT molecular complexity index is 556. The zero-order valence-electron chi connectivity index (χ0n) is 10.7. The van der Waals surface area contributed by atoms with Crippen LogP contribution in [0.25, 0.3) is 0 Å². The molecular weight excluding hydrogens is 272 g/mol. The molecule has 1 aromatic carbocycles. The van der Waals surface area contributed by atoms with Gasteiger partial charge < -0.3 is 15.2 Å². The molecule has 0 spiro atoms. The molecule has 0 unspecified atom stereocenters. The van der Waals surface area contributed by atoms with Gasteiger partial charge in [-0.2, -0.15) is 0 Å². The van der Waals surface area contributed by atoms with Gasteiger partial charge in [-0.3, -0.25) is 4.79 Å². The summed E-state index contributed by atoms with van der Waals surface area (Å²) >= 11 is 0. The molecule has 2 rings (SSSR count). The van der Waals surface area contributed by atoms with E-state index in [1.54, 1.807) is 7.11 Å². The highest BCUT2D eigenvalue weighted by molar-refractivity contribution is 6.04. The van der Waals surface area contributed by atoms with Crippen molar-refractivity contribution in [3.63, 3.8) is 0 Å². The Hall–Kier alpha value is -2.02. The highest BCUT2D eigenvalue weighted by Gasteiger charge is 2.31. The summed E-state index contributed by atoms with van der Waals surface area (Å²) in [5.41, 5.74) is -0.957. The molecule has 20 heavy (non-hydrogen) atoms. The van der Waals surface area contributed by atoms with Crippen LogP contribution in [0.2, 0.25) is 0 Å². The van der Waals surface area contributed by atoms with Crippen LogP contribution < -0.4 is 5.32 Å². The Balaban J connectivity index is 2.17. The monoisotopic (exact) mass is 285 g/mol. The number of ether oxygens (including phenoxy) is 1. The van der Waals surface area contributed by atoms with E-state index in [1.165, 1.54) is 0 Å². The van der Waals surface area contributed by atoms with Crippen LogP contribution in [0, 0.1) is 11.6 Å². The van der Waals surface area contributed by atoms with Gasteiger partial charge in [-0.15, -0.1) is 0 Å². The Kier molecular flexibility index (Phi) is 3.99. The second-order valence-corrected chi connectivity index (χ2v) is 4.62. The van der Waals surface area contributed by atoms with Gasteiger partial charge in [0, 0.05) is 13.2 Å². The number of carboxylic acids is 1. The summed E-state index contributed by atoms with van der Waals surface area (Å²) in [6, 6.07) is 0.952. The van der Waals surface area contributed by atoms with Crippen molar-refractivity contribution < 1.29 is 28.2 Å². The van der Waals surface area contributed by atoms with Crippen molar-refractivity contribution in [2.45, 2.75) is 25.0 Å². The van der Waals surface area contributed by atoms with Crippen LogP contribution in [0.5, 0.6) is 0 Å². The number of aromatic carboxylic acids is 1. The van der Waals surface area contributed by atoms with Crippen molar-refractivity contribution in [3.05, 3.63) is 34.9 Å². The van der Waals surface area contributed by atoms with Crippen molar-refractivity contribution in [2.75, 3.05) is 7.11 Å². The lowest BCUT2D eigenvalue weighted by molar-refractivity contribution is 0.0175. The van der Waals surface area contributed by atoms with Gasteiger partial charge in [0.1, 0.15) is 0 Å². The smallest absolute Gasteiger partial charge is 0.336 e. The average Bonchev–Trinajstić information content (AvgIpc) is 2.35. The molecule has 1 aliphatic rings. The molecule has 108 valence electrons. The molecule has 0 radical (unpaired) electrons. The Labute approximate surface area is 113 Å². The molecule has 1 aromatic rings. The molecule has 0 bridgehead atoms. The molecule has 0 aliphatic heterocycles. The molecule has 1 fully saturated rings. The quantitative estimate of drug-likeness (QED) is 0.880. The summed E-state index contributed by atoms with van der Waals surface area (Å²) in [5, 5.41) is 11.5. The molecular formula is C13H13F2NO4. The molecule has 2 N–H and O–H groups in total. The number of carboxylic acid groups (broad SMARTS) is 1. The number of carbonyl (C=O) groups is 2. The minimum atomic E-state index is -1.49. The lowest BCUT2D eigenvalue weighted by Gasteiger charge is -2.34. The van der Waals surface area contributed by atoms with E-state index in [4.69, 9.17) is 9.84 Å². The van der Waals surface area contributed by atoms with Gasteiger partial charge in [0.05, 0.1) is 17.2 Å². The van der Waals surface area contributed by atoms with Crippen molar-refractivity contribution >= 4 is 11.9 Å². The first-order valence-corrected chi connectivity index (χ1v) is 5.98. The molecule has 1 saturated carbocycles. The SMILES string of the molecule is COC1CC(NC(=O)c2cc(F)c(F)cc2C(=O)O)C1. The Morgan fingerprint density at radius 3 is 2.30 bits per heavy atom. The third kappa shape index (κ3) is 2.77. The third-order valence-corrected chi connectivity index (χ3v) is 3.30. The van der Waals surface area contributed by atoms with E-state index in [1.807, 2.05) is 0 Å². The van der Waals surface area contributed by atoms with Gasteiger partial charge >= 0.3 is 5.97 Å². The van der Waals surface area contributed by atoms with Gasteiger partial charge in [0.25, 0.3) is 5.91 Å². The second kappa shape index (κ2) is 5.54. The molecule has 1 aliphatic carbocycles. The topological polar surface area (TPSA) is 75.6 Å². The van der Waals surface area contributed by atoms with Crippen molar-refractivity contribution in [2.24, 2.45) is 0 Å². The first-order chi connectivity index (χ1) is 9.42. The summed E-state index contributed by atoms with van der Waals surface area (Å²) in [6.45, 7) is 0.